The molecule has 1 amide bonds. The van der Waals surface area contributed by atoms with Gasteiger partial charge in [-0.05, 0) is 20.3 Å². The lowest BCUT2D eigenvalue weighted by molar-refractivity contribution is -0.173. The van der Waals surface area contributed by atoms with Crippen LogP contribution in [-0.2, 0) is 22.7 Å². The highest BCUT2D eigenvalue weighted by molar-refractivity contribution is 5.80. The largest absolute Gasteiger partial charge is 0.361 e. The van der Waals surface area contributed by atoms with Crippen molar-refractivity contribution in [3.63, 3.8) is 0 Å². The van der Waals surface area contributed by atoms with E-state index in [0.29, 0.717) is 26.2 Å². The van der Waals surface area contributed by atoms with Crippen LogP contribution in [0.2, 0.25) is 0 Å². The van der Waals surface area contributed by atoms with Crippen molar-refractivity contribution in [2.24, 2.45) is 0 Å². The quantitative estimate of drug-likeness (QED) is 0.841. The number of carbonyl (C=O) groups excluding carboxylic acids is 1. The van der Waals surface area contributed by atoms with E-state index in [0.717, 1.165) is 35.7 Å². The molecule has 1 fully saturated rings. The molecule has 4 heterocycles. The van der Waals surface area contributed by atoms with Crippen molar-refractivity contribution in [2.45, 2.75) is 39.4 Å². The van der Waals surface area contributed by atoms with Gasteiger partial charge in [-0.3, -0.25) is 14.5 Å². The van der Waals surface area contributed by atoms with E-state index in [1.165, 1.54) is 5.06 Å². The number of aryl methyl sites for hydroxylation is 2. The predicted octanol–water partition coefficient (Wildman–Crippen LogP) is 1.21. The van der Waals surface area contributed by atoms with Crippen molar-refractivity contribution < 1.29 is 14.2 Å². The molecule has 0 radical (unpaired) electrons. The molecule has 0 spiro atoms. The van der Waals surface area contributed by atoms with Gasteiger partial charge in [-0.1, -0.05) is 5.16 Å². The number of carbonyl (C=O) groups is 1. The van der Waals surface area contributed by atoms with E-state index < -0.39 is 0 Å². The minimum atomic E-state index is -0.310. The molecule has 128 valence electrons. The average molecular weight is 331 g/mol. The summed E-state index contributed by atoms with van der Waals surface area (Å²) in [5, 5.41) is 5.51. The van der Waals surface area contributed by atoms with Crippen LogP contribution in [0.1, 0.15) is 35.2 Å². The molecule has 0 saturated carbocycles. The molecule has 0 aromatic carbocycles. The Hall–Kier alpha value is -2.19. The van der Waals surface area contributed by atoms with Crippen molar-refractivity contribution in [2.75, 3.05) is 19.7 Å². The molecule has 0 aliphatic carbocycles. The summed E-state index contributed by atoms with van der Waals surface area (Å²) in [7, 11) is 0. The monoisotopic (exact) mass is 331 g/mol. The van der Waals surface area contributed by atoms with Crippen molar-refractivity contribution in [1.29, 1.82) is 0 Å². The van der Waals surface area contributed by atoms with E-state index in [9.17, 15) is 4.79 Å². The Morgan fingerprint density at radius 2 is 2.29 bits per heavy atom. The first-order valence-corrected chi connectivity index (χ1v) is 8.22. The van der Waals surface area contributed by atoms with Gasteiger partial charge in [0.25, 0.3) is 5.91 Å². The molecule has 1 unspecified atom stereocenters. The fourth-order valence-electron chi connectivity index (χ4n) is 3.42. The standard InChI is InChI=1S/C16H21N5O3/c1-11-14(12(2)24-18-11)8-19-7-13-6-17-10-20(13)15(9-19)16(22)21-4-3-5-23-21/h6,10,15H,3-5,7-9H2,1-2H3. The van der Waals surface area contributed by atoms with Gasteiger partial charge in [0, 0.05) is 31.4 Å². The highest BCUT2D eigenvalue weighted by Crippen LogP contribution is 2.26. The van der Waals surface area contributed by atoms with Crippen molar-refractivity contribution >= 4 is 5.91 Å². The maximum Gasteiger partial charge on any atom is 0.270 e. The van der Waals surface area contributed by atoms with E-state index in [1.54, 1.807) is 6.33 Å². The van der Waals surface area contributed by atoms with Crippen LogP contribution in [0.5, 0.6) is 0 Å². The molecular formula is C16H21N5O3. The van der Waals surface area contributed by atoms with Gasteiger partial charge in [-0.2, -0.15) is 0 Å². The molecular weight excluding hydrogens is 310 g/mol. The highest BCUT2D eigenvalue weighted by Gasteiger charge is 2.35. The van der Waals surface area contributed by atoms with Crippen LogP contribution in [0.15, 0.2) is 17.0 Å². The molecule has 8 heteroatoms. The lowest BCUT2D eigenvalue weighted by Gasteiger charge is -2.34. The first kappa shape index (κ1) is 15.3. The van der Waals surface area contributed by atoms with E-state index in [4.69, 9.17) is 9.36 Å². The zero-order valence-electron chi connectivity index (χ0n) is 13.9. The molecule has 4 rings (SSSR count). The zero-order chi connectivity index (χ0) is 16.7. The van der Waals surface area contributed by atoms with Crippen LogP contribution in [-0.4, -0.2) is 50.3 Å². The van der Waals surface area contributed by atoms with Crippen LogP contribution in [0.4, 0.5) is 0 Å². The number of imidazole rings is 1. The lowest BCUT2D eigenvalue weighted by atomic mass is 10.1. The summed E-state index contributed by atoms with van der Waals surface area (Å²) in [6, 6.07) is -0.310. The van der Waals surface area contributed by atoms with Gasteiger partial charge >= 0.3 is 0 Å². The van der Waals surface area contributed by atoms with Crippen molar-refractivity contribution in [3.05, 3.63) is 35.2 Å². The third-order valence-electron chi connectivity index (χ3n) is 4.75. The summed E-state index contributed by atoms with van der Waals surface area (Å²) in [6.07, 6.45) is 4.45. The van der Waals surface area contributed by atoms with Crippen LogP contribution >= 0.6 is 0 Å². The number of hydroxylamine groups is 2. The number of aromatic nitrogens is 3. The SMILES string of the molecule is Cc1noc(C)c1CN1Cc2cncn2C(C(=O)N2CCCO2)C1. The molecule has 0 bridgehead atoms. The summed E-state index contributed by atoms with van der Waals surface area (Å²) in [5.74, 6) is 0.826. The van der Waals surface area contributed by atoms with Gasteiger partial charge in [-0.15, -0.1) is 0 Å². The molecule has 24 heavy (non-hydrogen) atoms. The summed E-state index contributed by atoms with van der Waals surface area (Å²) in [5.41, 5.74) is 3.02. The Morgan fingerprint density at radius 3 is 3.00 bits per heavy atom. The minimum absolute atomic E-state index is 0.00443. The first-order chi connectivity index (χ1) is 11.6. The van der Waals surface area contributed by atoms with Gasteiger partial charge in [0.2, 0.25) is 0 Å². The number of rotatable bonds is 3. The Kier molecular flexibility index (Phi) is 3.85. The second-order valence-corrected chi connectivity index (χ2v) is 6.41. The molecule has 0 N–H and O–H groups in total. The molecule has 1 saturated heterocycles. The zero-order valence-corrected chi connectivity index (χ0v) is 13.9. The fraction of sp³-hybridized carbons (Fsp3) is 0.562. The maximum absolute atomic E-state index is 12.8. The molecule has 2 aromatic heterocycles. The van der Waals surface area contributed by atoms with Crippen molar-refractivity contribution in [3.8, 4) is 0 Å². The van der Waals surface area contributed by atoms with Crippen molar-refractivity contribution in [1.82, 2.24) is 24.7 Å². The molecule has 2 aromatic rings. The third kappa shape index (κ3) is 2.61. The van der Waals surface area contributed by atoms with Gasteiger partial charge in [-0.25, -0.2) is 10.0 Å². The smallest absolute Gasteiger partial charge is 0.270 e. The first-order valence-electron chi connectivity index (χ1n) is 8.22. The number of nitrogens with zero attached hydrogens (tertiary/aromatic N) is 5. The average Bonchev–Trinajstić information content (AvgIpc) is 3.31. The third-order valence-corrected chi connectivity index (χ3v) is 4.75. The summed E-state index contributed by atoms with van der Waals surface area (Å²) >= 11 is 0. The van der Waals surface area contributed by atoms with Gasteiger partial charge < -0.3 is 9.09 Å². The number of hydrogen-bond acceptors (Lipinski definition) is 6. The summed E-state index contributed by atoms with van der Waals surface area (Å²) < 4.78 is 7.22. The van der Waals surface area contributed by atoms with Crippen LogP contribution in [0.3, 0.4) is 0 Å². The number of amides is 1. The number of fused-ring (bicyclic) bond motifs is 1. The van der Waals surface area contributed by atoms with E-state index in [1.807, 2.05) is 24.6 Å². The predicted molar refractivity (Wildman–Crippen MR) is 83.6 cm³/mol. The highest BCUT2D eigenvalue weighted by atomic mass is 16.7. The topological polar surface area (TPSA) is 76.6 Å². The second-order valence-electron chi connectivity index (χ2n) is 6.41. The number of hydrogen-bond donors (Lipinski definition) is 0. The maximum atomic E-state index is 12.8. The van der Waals surface area contributed by atoms with Gasteiger partial charge in [0.05, 0.1) is 30.9 Å². The summed E-state index contributed by atoms with van der Waals surface area (Å²) in [4.78, 5) is 24.7. The van der Waals surface area contributed by atoms with Gasteiger partial charge in [0.1, 0.15) is 11.8 Å². The van der Waals surface area contributed by atoms with Crippen LogP contribution in [0, 0.1) is 13.8 Å². The van der Waals surface area contributed by atoms with Gasteiger partial charge in [0.15, 0.2) is 0 Å². The minimum Gasteiger partial charge on any atom is -0.361 e. The van der Waals surface area contributed by atoms with E-state index in [2.05, 4.69) is 15.0 Å². The van der Waals surface area contributed by atoms with E-state index >= 15 is 0 Å². The van der Waals surface area contributed by atoms with Crippen LogP contribution < -0.4 is 0 Å². The Morgan fingerprint density at radius 1 is 1.42 bits per heavy atom. The molecule has 2 aliphatic rings. The molecule has 2 aliphatic heterocycles. The molecule has 8 nitrogen and oxygen atoms in total. The van der Waals surface area contributed by atoms with Crippen LogP contribution in [0.25, 0.3) is 0 Å². The normalized spacial score (nSPS) is 21.2. The summed E-state index contributed by atoms with van der Waals surface area (Å²) in [6.45, 7) is 7.20. The molecule has 1 atom stereocenters. The Labute approximate surface area is 139 Å². The Balaban J connectivity index is 1.57. The Bertz CT molecular complexity index is 727. The lowest BCUT2D eigenvalue weighted by Crippen LogP contribution is -2.44. The fourth-order valence-corrected chi connectivity index (χ4v) is 3.42. The van der Waals surface area contributed by atoms with E-state index in [-0.39, 0.29) is 11.9 Å². The second kappa shape index (κ2) is 6.03.